The predicted molar refractivity (Wildman–Crippen MR) is 76.6 cm³/mol. The zero-order valence-electron chi connectivity index (χ0n) is 12.0. The van der Waals surface area contributed by atoms with E-state index in [9.17, 15) is 4.79 Å². The molecule has 0 aromatic carbocycles. The van der Waals surface area contributed by atoms with Gasteiger partial charge in [0.25, 0.3) is 0 Å². The molecule has 1 amide bonds. The highest BCUT2D eigenvalue weighted by Gasteiger charge is 1.99. The van der Waals surface area contributed by atoms with Crippen LogP contribution in [0.15, 0.2) is 0 Å². The van der Waals surface area contributed by atoms with Crippen LogP contribution in [0.25, 0.3) is 0 Å². The average Bonchev–Trinajstić information content (AvgIpc) is 2.37. The van der Waals surface area contributed by atoms with Crippen molar-refractivity contribution >= 4 is 5.91 Å². The third-order valence-corrected chi connectivity index (χ3v) is 3.16. The van der Waals surface area contributed by atoms with Crippen LogP contribution in [0.4, 0.5) is 0 Å². The maximum absolute atomic E-state index is 11.3. The fourth-order valence-electron chi connectivity index (χ4n) is 1.97. The maximum Gasteiger partial charge on any atom is 0.219 e. The van der Waals surface area contributed by atoms with E-state index in [1.54, 1.807) is 0 Å². The van der Waals surface area contributed by atoms with Crippen molar-refractivity contribution in [3.8, 4) is 0 Å². The van der Waals surface area contributed by atoms with Gasteiger partial charge in [-0.25, -0.2) is 0 Å². The van der Waals surface area contributed by atoms with Crippen molar-refractivity contribution in [1.82, 2.24) is 5.32 Å². The number of amides is 1. The highest BCUT2D eigenvalue weighted by molar-refractivity contribution is 5.75. The molecule has 3 heteroatoms. The van der Waals surface area contributed by atoms with E-state index in [-0.39, 0.29) is 12.5 Å². The standard InChI is InChI=1S/C15H31NO2/c1-2-3-4-5-6-7-8-10-13-16-15(18)12-9-11-14-17/h17H,2-14H2,1H3,(H,16,18). The Morgan fingerprint density at radius 3 is 2.11 bits per heavy atom. The summed E-state index contributed by atoms with van der Waals surface area (Å²) in [4.78, 5) is 11.3. The minimum atomic E-state index is 0.131. The minimum absolute atomic E-state index is 0.131. The van der Waals surface area contributed by atoms with Gasteiger partial charge in [-0.1, -0.05) is 51.9 Å². The smallest absolute Gasteiger partial charge is 0.219 e. The van der Waals surface area contributed by atoms with Gasteiger partial charge in [-0.2, -0.15) is 0 Å². The molecule has 0 saturated heterocycles. The Hall–Kier alpha value is -0.570. The van der Waals surface area contributed by atoms with Crippen LogP contribution in [0.1, 0.15) is 77.6 Å². The molecule has 0 unspecified atom stereocenters. The second-order valence-electron chi connectivity index (χ2n) is 5.01. The van der Waals surface area contributed by atoms with E-state index >= 15 is 0 Å². The molecular formula is C15H31NO2. The number of unbranched alkanes of at least 4 members (excludes halogenated alkanes) is 8. The summed E-state index contributed by atoms with van der Waals surface area (Å²) >= 11 is 0. The van der Waals surface area contributed by atoms with Gasteiger partial charge in [-0.3, -0.25) is 4.79 Å². The summed E-state index contributed by atoms with van der Waals surface area (Å²) in [5.74, 6) is 0.131. The molecule has 0 heterocycles. The van der Waals surface area contributed by atoms with Crippen LogP contribution in [0.2, 0.25) is 0 Å². The van der Waals surface area contributed by atoms with E-state index in [1.807, 2.05) is 0 Å². The van der Waals surface area contributed by atoms with E-state index < -0.39 is 0 Å². The van der Waals surface area contributed by atoms with Crippen molar-refractivity contribution < 1.29 is 9.90 Å². The van der Waals surface area contributed by atoms with Gasteiger partial charge in [0.2, 0.25) is 5.91 Å². The van der Waals surface area contributed by atoms with Crippen LogP contribution in [0.3, 0.4) is 0 Å². The van der Waals surface area contributed by atoms with Crippen molar-refractivity contribution in [1.29, 1.82) is 0 Å². The van der Waals surface area contributed by atoms with Crippen molar-refractivity contribution in [2.75, 3.05) is 13.2 Å². The van der Waals surface area contributed by atoms with Crippen molar-refractivity contribution in [2.45, 2.75) is 77.6 Å². The third-order valence-electron chi connectivity index (χ3n) is 3.16. The average molecular weight is 257 g/mol. The van der Waals surface area contributed by atoms with Crippen molar-refractivity contribution in [3.05, 3.63) is 0 Å². The second kappa shape index (κ2) is 14.5. The fourth-order valence-corrected chi connectivity index (χ4v) is 1.97. The first-order valence-corrected chi connectivity index (χ1v) is 7.68. The van der Waals surface area contributed by atoms with Crippen LogP contribution < -0.4 is 5.32 Å². The Morgan fingerprint density at radius 1 is 0.889 bits per heavy atom. The molecule has 0 bridgehead atoms. The molecule has 2 N–H and O–H groups in total. The Morgan fingerprint density at radius 2 is 1.50 bits per heavy atom. The van der Waals surface area contributed by atoms with Gasteiger partial charge in [-0.15, -0.1) is 0 Å². The first-order chi connectivity index (χ1) is 8.81. The summed E-state index contributed by atoms with van der Waals surface area (Å²) in [5.41, 5.74) is 0. The van der Waals surface area contributed by atoms with E-state index in [4.69, 9.17) is 5.11 Å². The quantitative estimate of drug-likeness (QED) is 0.497. The number of aliphatic hydroxyl groups is 1. The molecule has 0 aliphatic heterocycles. The molecule has 0 saturated carbocycles. The molecule has 0 fully saturated rings. The molecule has 18 heavy (non-hydrogen) atoms. The van der Waals surface area contributed by atoms with Crippen molar-refractivity contribution in [2.24, 2.45) is 0 Å². The maximum atomic E-state index is 11.3. The topological polar surface area (TPSA) is 49.3 Å². The Bertz CT molecular complexity index is 183. The van der Waals surface area contributed by atoms with Gasteiger partial charge >= 0.3 is 0 Å². The van der Waals surface area contributed by atoms with Crippen molar-refractivity contribution in [3.63, 3.8) is 0 Å². The number of aliphatic hydroxyl groups excluding tert-OH is 1. The van der Waals surface area contributed by atoms with Gasteiger partial charge in [-0.05, 0) is 19.3 Å². The first kappa shape index (κ1) is 17.4. The molecule has 108 valence electrons. The normalized spacial score (nSPS) is 10.6. The van der Waals surface area contributed by atoms with Gasteiger partial charge in [0.15, 0.2) is 0 Å². The van der Waals surface area contributed by atoms with E-state index in [1.165, 1.54) is 44.9 Å². The number of hydrogen-bond donors (Lipinski definition) is 2. The predicted octanol–water partition coefficient (Wildman–Crippen LogP) is 3.41. The largest absolute Gasteiger partial charge is 0.396 e. The lowest BCUT2D eigenvalue weighted by Crippen LogP contribution is -2.24. The van der Waals surface area contributed by atoms with Crippen LogP contribution in [0, 0.1) is 0 Å². The lowest BCUT2D eigenvalue weighted by atomic mass is 10.1. The van der Waals surface area contributed by atoms with Gasteiger partial charge in [0.1, 0.15) is 0 Å². The van der Waals surface area contributed by atoms with Gasteiger partial charge in [0.05, 0.1) is 0 Å². The number of nitrogens with one attached hydrogen (secondary N) is 1. The Labute approximate surface area is 112 Å². The van der Waals surface area contributed by atoms with E-state index in [0.717, 1.165) is 25.8 Å². The molecule has 0 aromatic heterocycles. The number of rotatable bonds is 13. The number of carbonyl (C=O) groups is 1. The Balaban J connectivity index is 3.08. The number of hydrogen-bond acceptors (Lipinski definition) is 2. The molecule has 0 radical (unpaired) electrons. The first-order valence-electron chi connectivity index (χ1n) is 7.68. The molecule has 0 rings (SSSR count). The summed E-state index contributed by atoms with van der Waals surface area (Å²) in [5, 5.41) is 11.5. The zero-order valence-corrected chi connectivity index (χ0v) is 12.0. The molecular weight excluding hydrogens is 226 g/mol. The lowest BCUT2D eigenvalue weighted by molar-refractivity contribution is -0.121. The molecule has 0 aliphatic carbocycles. The molecule has 0 atom stereocenters. The van der Waals surface area contributed by atoms with Gasteiger partial charge in [0, 0.05) is 19.6 Å². The summed E-state index contributed by atoms with van der Waals surface area (Å²) in [7, 11) is 0. The van der Waals surface area contributed by atoms with E-state index in [0.29, 0.717) is 6.42 Å². The third kappa shape index (κ3) is 13.5. The molecule has 3 nitrogen and oxygen atoms in total. The summed E-state index contributed by atoms with van der Waals surface area (Å²) in [6.07, 6.45) is 12.4. The Kier molecular flexibility index (Phi) is 14.0. The summed E-state index contributed by atoms with van der Waals surface area (Å²) in [6.45, 7) is 3.24. The lowest BCUT2D eigenvalue weighted by Gasteiger charge is -2.05. The SMILES string of the molecule is CCCCCCCCCCNC(=O)CCCCO. The van der Waals surface area contributed by atoms with Crippen LogP contribution in [-0.4, -0.2) is 24.2 Å². The second-order valence-corrected chi connectivity index (χ2v) is 5.01. The monoisotopic (exact) mass is 257 g/mol. The summed E-state index contributed by atoms with van der Waals surface area (Å²) in [6, 6.07) is 0. The van der Waals surface area contributed by atoms with Crippen LogP contribution in [0.5, 0.6) is 0 Å². The van der Waals surface area contributed by atoms with Crippen LogP contribution in [-0.2, 0) is 4.79 Å². The van der Waals surface area contributed by atoms with E-state index in [2.05, 4.69) is 12.2 Å². The van der Waals surface area contributed by atoms with Crippen LogP contribution >= 0.6 is 0 Å². The minimum Gasteiger partial charge on any atom is -0.396 e. The zero-order chi connectivity index (χ0) is 13.5. The molecule has 0 spiro atoms. The molecule has 0 aliphatic rings. The fraction of sp³-hybridized carbons (Fsp3) is 0.933. The summed E-state index contributed by atoms with van der Waals surface area (Å²) < 4.78 is 0. The number of carbonyl (C=O) groups excluding carboxylic acids is 1. The molecule has 0 aromatic rings. The highest BCUT2D eigenvalue weighted by atomic mass is 16.2. The highest BCUT2D eigenvalue weighted by Crippen LogP contribution is 2.07. The van der Waals surface area contributed by atoms with Gasteiger partial charge < -0.3 is 10.4 Å².